The van der Waals surface area contributed by atoms with E-state index in [9.17, 15) is 18.8 Å². The number of allylic oxidation sites excluding steroid dienone is 1. The van der Waals surface area contributed by atoms with E-state index < -0.39 is 23.7 Å². The number of imide groups is 2. The molecule has 0 aliphatic carbocycles. The molecule has 1 saturated heterocycles. The van der Waals surface area contributed by atoms with Crippen molar-refractivity contribution >= 4 is 52.5 Å². The van der Waals surface area contributed by atoms with E-state index in [2.05, 4.69) is 30.1 Å². The molecule has 2 aliphatic heterocycles. The Hall–Kier alpha value is -3.45. The number of para-hydroxylation sites is 1. The topological polar surface area (TPSA) is 69.7 Å². The number of nitrogens with one attached hydrogen (secondary N) is 1. The maximum Gasteiger partial charge on any atom is 0.336 e. The van der Waals surface area contributed by atoms with Gasteiger partial charge >= 0.3 is 6.03 Å². The van der Waals surface area contributed by atoms with Gasteiger partial charge in [0.25, 0.3) is 11.8 Å². The summed E-state index contributed by atoms with van der Waals surface area (Å²) in [4.78, 5) is 40.5. The molecule has 4 rings (SSSR count). The van der Waals surface area contributed by atoms with Gasteiger partial charge in [-0.25, -0.2) is 14.1 Å². The van der Waals surface area contributed by atoms with Crippen LogP contribution in [0.15, 0.2) is 48.0 Å². The summed E-state index contributed by atoms with van der Waals surface area (Å²) in [5.41, 5.74) is 2.53. The normalized spacial score (nSPS) is 19.1. The Morgan fingerprint density at radius 3 is 2.47 bits per heavy atom. The van der Waals surface area contributed by atoms with Crippen molar-refractivity contribution in [1.82, 2.24) is 5.32 Å². The summed E-state index contributed by atoms with van der Waals surface area (Å²) in [6.45, 7) is 6.15. The highest BCUT2D eigenvalue weighted by molar-refractivity contribution is 6.40. The molecule has 1 N–H and O–H groups in total. The Morgan fingerprint density at radius 1 is 1.09 bits per heavy atom. The minimum Gasteiger partial charge on any atom is -0.365 e. The minimum absolute atomic E-state index is 0.208. The molecule has 4 amide bonds. The summed E-state index contributed by atoms with van der Waals surface area (Å²) in [5, 5.41) is 2.43. The number of barbiturate groups is 1. The Kier molecular flexibility index (Phi) is 5.17. The molecule has 32 heavy (non-hydrogen) atoms. The second kappa shape index (κ2) is 7.60. The number of rotatable bonds is 2. The lowest BCUT2D eigenvalue weighted by Crippen LogP contribution is -2.54. The van der Waals surface area contributed by atoms with Gasteiger partial charge in [0.05, 0.1) is 11.2 Å². The second-order valence-electron chi connectivity index (χ2n) is 8.34. The number of hydrogen-bond acceptors (Lipinski definition) is 4. The van der Waals surface area contributed by atoms with Crippen LogP contribution in [-0.2, 0) is 9.59 Å². The highest BCUT2D eigenvalue weighted by Crippen LogP contribution is 2.41. The summed E-state index contributed by atoms with van der Waals surface area (Å²) >= 11 is 6.52. The monoisotopic (exact) mass is 453 g/mol. The lowest BCUT2D eigenvalue weighted by atomic mass is 9.88. The SMILES string of the molecule is CC1=CC(C)(C)N(C)c2cc(Cl)c(/C=C3/C(=O)NC(=O)N(c4ccccc4F)C3=O)cc21. The third-order valence-electron chi connectivity index (χ3n) is 5.83. The number of fused-ring (bicyclic) bond motifs is 1. The number of hydrogen-bond donors (Lipinski definition) is 1. The zero-order valence-electron chi connectivity index (χ0n) is 18.0. The number of carbonyl (C=O) groups is 3. The summed E-state index contributed by atoms with van der Waals surface area (Å²) in [7, 11) is 1.96. The van der Waals surface area contributed by atoms with E-state index in [1.165, 1.54) is 24.3 Å². The molecular weight excluding hydrogens is 433 g/mol. The Morgan fingerprint density at radius 2 is 1.78 bits per heavy atom. The van der Waals surface area contributed by atoms with E-state index in [0.717, 1.165) is 22.9 Å². The van der Waals surface area contributed by atoms with Gasteiger partial charge in [-0.3, -0.25) is 14.9 Å². The molecule has 0 atom stereocenters. The van der Waals surface area contributed by atoms with Crippen molar-refractivity contribution in [2.45, 2.75) is 26.3 Å². The van der Waals surface area contributed by atoms with E-state index in [1.54, 1.807) is 12.1 Å². The number of likely N-dealkylation sites (N-methyl/N-ethyl adjacent to an activating group) is 1. The molecule has 0 aromatic heterocycles. The third kappa shape index (κ3) is 3.48. The molecule has 2 aromatic rings. The van der Waals surface area contributed by atoms with Gasteiger partial charge in [0.2, 0.25) is 0 Å². The smallest absolute Gasteiger partial charge is 0.336 e. The number of benzene rings is 2. The number of halogens is 2. The molecule has 2 heterocycles. The van der Waals surface area contributed by atoms with Crippen molar-refractivity contribution in [3.05, 3.63) is 70.0 Å². The first-order valence-electron chi connectivity index (χ1n) is 9.94. The van der Waals surface area contributed by atoms with Crippen LogP contribution in [0.4, 0.5) is 20.6 Å². The average molecular weight is 454 g/mol. The summed E-state index contributed by atoms with van der Waals surface area (Å²) in [6, 6.07) is 7.92. The van der Waals surface area contributed by atoms with Crippen LogP contribution in [-0.4, -0.2) is 30.4 Å². The number of amides is 4. The van der Waals surface area contributed by atoms with Crippen molar-refractivity contribution in [3.8, 4) is 0 Å². The molecule has 2 aliphatic rings. The van der Waals surface area contributed by atoms with E-state index in [-0.39, 0.29) is 16.8 Å². The summed E-state index contributed by atoms with van der Waals surface area (Å²) in [5.74, 6) is -2.56. The molecule has 1 fully saturated rings. The standard InChI is InChI=1S/C24H21ClFN3O3/c1-13-12-24(2,3)28(4)20-11-17(25)14(9-15(13)20)10-16-21(30)27-23(32)29(22(16)31)19-8-6-5-7-18(19)26/h5-12H,1-4H3,(H,27,30,32)/b16-10-. The molecule has 164 valence electrons. The van der Waals surface area contributed by atoms with Gasteiger partial charge in [-0.1, -0.05) is 29.8 Å². The molecule has 2 aromatic carbocycles. The van der Waals surface area contributed by atoms with Gasteiger partial charge in [0, 0.05) is 23.3 Å². The summed E-state index contributed by atoms with van der Waals surface area (Å²) in [6.07, 6.45) is 3.45. The van der Waals surface area contributed by atoms with Crippen LogP contribution in [0.2, 0.25) is 5.02 Å². The molecule has 8 heteroatoms. The van der Waals surface area contributed by atoms with Gasteiger partial charge in [-0.05, 0) is 62.2 Å². The predicted octanol–water partition coefficient (Wildman–Crippen LogP) is 4.78. The number of carbonyl (C=O) groups excluding carboxylic acids is 3. The van der Waals surface area contributed by atoms with Crippen LogP contribution >= 0.6 is 11.6 Å². The van der Waals surface area contributed by atoms with Crippen LogP contribution in [0.3, 0.4) is 0 Å². The van der Waals surface area contributed by atoms with Gasteiger partial charge < -0.3 is 4.90 Å². The van der Waals surface area contributed by atoms with E-state index in [0.29, 0.717) is 15.5 Å². The average Bonchev–Trinajstić information content (AvgIpc) is 2.71. The number of anilines is 2. The van der Waals surface area contributed by atoms with Crippen LogP contribution in [0, 0.1) is 5.82 Å². The molecule has 0 radical (unpaired) electrons. The second-order valence-corrected chi connectivity index (χ2v) is 8.75. The highest BCUT2D eigenvalue weighted by atomic mass is 35.5. The zero-order chi connectivity index (χ0) is 23.4. The van der Waals surface area contributed by atoms with Crippen LogP contribution in [0.25, 0.3) is 11.6 Å². The zero-order valence-corrected chi connectivity index (χ0v) is 18.7. The van der Waals surface area contributed by atoms with Crippen molar-refractivity contribution in [1.29, 1.82) is 0 Å². The quantitative estimate of drug-likeness (QED) is 0.525. The van der Waals surface area contributed by atoms with Gasteiger partial charge in [0.15, 0.2) is 0 Å². The molecule has 0 unspecified atom stereocenters. The Labute approximate surface area is 189 Å². The van der Waals surface area contributed by atoms with Crippen molar-refractivity contribution in [2.24, 2.45) is 0 Å². The van der Waals surface area contributed by atoms with Crippen molar-refractivity contribution < 1.29 is 18.8 Å². The molecule has 0 bridgehead atoms. The molecular formula is C24H21ClFN3O3. The number of urea groups is 1. The van der Waals surface area contributed by atoms with Gasteiger partial charge in [-0.2, -0.15) is 0 Å². The first-order chi connectivity index (χ1) is 15.0. The van der Waals surface area contributed by atoms with Gasteiger partial charge in [0.1, 0.15) is 11.4 Å². The van der Waals surface area contributed by atoms with E-state index in [4.69, 9.17) is 11.6 Å². The first kappa shape index (κ1) is 21.8. The first-order valence-corrected chi connectivity index (χ1v) is 10.3. The van der Waals surface area contributed by atoms with Crippen LogP contribution < -0.4 is 15.1 Å². The Bertz CT molecular complexity index is 1250. The van der Waals surface area contributed by atoms with E-state index in [1.807, 2.05) is 14.0 Å². The van der Waals surface area contributed by atoms with Crippen LogP contribution in [0.1, 0.15) is 31.9 Å². The molecule has 0 saturated carbocycles. The maximum absolute atomic E-state index is 14.3. The van der Waals surface area contributed by atoms with Crippen molar-refractivity contribution in [3.63, 3.8) is 0 Å². The largest absolute Gasteiger partial charge is 0.365 e. The number of nitrogens with zero attached hydrogens (tertiary/aromatic N) is 2. The fourth-order valence-corrected chi connectivity index (χ4v) is 4.18. The minimum atomic E-state index is -1.01. The summed E-state index contributed by atoms with van der Waals surface area (Å²) < 4.78 is 14.3. The lowest BCUT2D eigenvalue weighted by molar-refractivity contribution is -0.122. The fraction of sp³-hybridized carbons (Fsp3) is 0.208. The third-order valence-corrected chi connectivity index (χ3v) is 6.16. The fourth-order valence-electron chi connectivity index (χ4n) is 3.96. The van der Waals surface area contributed by atoms with Crippen molar-refractivity contribution in [2.75, 3.05) is 16.8 Å². The maximum atomic E-state index is 14.3. The predicted molar refractivity (Wildman–Crippen MR) is 123 cm³/mol. The molecule has 0 spiro atoms. The van der Waals surface area contributed by atoms with E-state index >= 15 is 0 Å². The van der Waals surface area contributed by atoms with Gasteiger partial charge in [-0.15, -0.1) is 0 Å². The highest BCUT2D eigenvalue weighted by Gasteiger charge is 2.38. The molecule has 6 nitrogen and oxygen atoms in total. The Balaban J connectivity index is 1.81. The van der Waals surface area contributed by atoms with Crippen LogP contribution in [0.5, 0.6) is 0 Å². The lowest BCUT2D eigenvalue weighted by Gasteiger charge is -2.40.